The van der Waals surface area contributed by atoms with E-state index in [0.717, 1.165) is 33.3 Å². The molecule has 0 bridgehead atoms. The molecule has 0 saturated heterocycles. The van der Waals surface area contributed by atoms with Crippen molar-refractivity contribution in [2.45, 2.75) is 44.8 Å². The molecule has 0 unspecified atom stereocenters. The van der Waals surface area contributed by atoms with Crippen LogP contribution in [0.1, 0.15) is 49.1 Å². The Bertz CT molecular complexity index is 1560. The Morgan fingerprint density at radius 3 is 2.31 bits per heavy atom. The Hall–Kier alpha value is -4.64. The van der Waals surface area contributed by atoms with Gasteiger partial charge >= 0.3 is 12.1 Å². The molecule has 0 aliphatic heterocycles. The number of nitriles is 1. The minimum absolute atomic E-state index is 0.0967. The van der Waals surface area contributed by atoms with Gasteiger partial charge < -0.3 is 14.8 Å². The van der Waals surface area contributed by atoms with Gasteiger partial charge in [0.2, 0.25) is 0 Å². The topological polar surface area (TPSA) is 106 Å². The molecular formula is C31H30N4O4. The van der Waals surface area contributed by atoms with Crippen molar-refractivity contribution in [1.29, 1.82) is 5.26 Å². The lowest BCUT2D eigenvalue weighted by molar-refractivity contribution is -0.157. The summed E-state index contributed by atoms with van der Waals surface area (Å²) in [5.74, 6) is -0.664. The van der Waals surface area contributed by atoms with E-state index in [-0.39, 0.29) is 18.9 Å². The maximum absolute atomic E-state index is 13.1. The number of esters is 1. The molecule has 1 aliphatic rings. The molecule has 5 rings (SSSR count). The van der Waals surface area contributed by atoms with Gasteiger partial charge in [-0.15, -0.1) is 0 Å². The van der Waals surface area contributed by atoms with Crippen LogP contribution < -0.4 is 5.32 Å². The molecule has 0 radical (unpaired) electrons. The molecule has 1 aromatic heterocycles. The standard InChI is InChI=1S/C31H30N4O4/c1-31(2,3)39-29(36)26(16-19-13-14-28-24(15-19)27(17-32)34-35(28)4)33-30(37)38-18-25-22-11-7-5-9-20(22)21-10-6-8-12-23(21)25/h5-15,25-26H,16,18H2,1-4H3,(H,33,37)/t26-/m0/s1. The number of amides is 1. The zero-order valence-electron chi connectivity index (χ0n) is 22.4. The van der Waals surface area contributed by atoms with E-state index in [1.807, 2.05) is 42.5 Å². The van der Waals surface area contributed by atoms with Crippen LogP contribution in [0, 0.1) is 11.3 Å². The van der Waals surface area contributed by atoms with Gasteiger partial charge in [0.25, 0.3) is 0 Å². The SMILES string of the molecule is Cn1nc(C#N)c2cc(C[C@H](NC(=O)OCC3c4ccccc4-c4ccccc43)C(=O)OC(C)(C)C)ccc21. The number of ether oxygens (including phenoxy) is 2. The van der Waals surface area contributed by atoms with Crippen molar-refractivity contribution in [3.05, 3.63) is 89.1 Å². The molecule has 1 aliphatic carbocycles. The van der Waals surface area contributed by atoms with E-state index in [4.69, 9.17) is 9.47 Å². The fourth-order valence-corrected chi connectivity index (χ4v) is 5.11. The third-order valence-corrected chi connectivity index (χ3v) is 6.79. The molecule has 198 valence electrons. The number of benzene rings is 3. The van der Waals surface area contributed by atoms with Crippen molar-refractivity contribution < 1.29 is 19.1 Å². The van der Waals surface area contributed by atoms with Gasteiger partial charge in [0, 0.05) is 24.8 Å². The summed E-state index contributed by atoms with van der Waals surface area (Å²) in [4.78, 5) is 26.1. The number of alkyl carbamates (subject to hydrolysis) is 1. The molecule has 8 heteroatoms. The smallest absolute Gasteiger partial charge is 0.407 e. The number of aryl methyl sites for hydroxylation is 1. The van der Waals surface area contributed by atoms with E-state index >= 15 is 0 Å². The van der Waals surface area contributed by atoms with E-state index in [1.54, 1.807) is 32.5 Å². The van der Waals surface area contributed by atoms with Gasteiger partial charge in [-0.25, -0.2) is 9.59 Å². The third kappa shape index (κ3) is 5.34. The normalized spacial score (nSPS) is 13.3. The summed E-state index contributed by atoms with van der Waals surface area (Å²) in [5, 5.41) is 17.1. The minimum Gasteiger partial charge on any atom is -0.458 e. The summed E-state index contributed by atoms with van der Waals surface area (Å²) in [6, 6.07) is 22.8. The lowest BCUT2D eigenvalue weighted by Gasteiger charge is -2.25. The molecule has 0 spiro atoms. The van der Waals surface area contributed by atoms with Gasteiger partial charge in [-0.05, 0) is 60.7 Å². The second-order valence-corrected chi connectivity index (χ2v) is 10.7. The van der Waals surface area contributed by atoms with Crippen molar-refractivity contribution in [2.24, 2.45) is 7.05 Å². The number of rotatable bonds is 6. The zero-order chi connectivity index (χ0) is 27.7. The summed E-state index contributed by atoms with van der Waals surface area (Å²) >= 11 is 0. The third-order valence-electron chi connectivity index (χ3n) is 6.79. The van der Waals surface area contributed by atoms with Crippen LogP contribution in [0.4, 0.5) is 4.79 Å². The number of carbonyl (C=O) groups excluding carboxylic acids is 2. The first-order valence-electron chi connectivity index (χ1n) is 12.8. The molecule has 39 heavy (non-hydrogen) atoms. The van der Waals surface area contributed by atoms with Crippen molar-refractivity contribution in [2.75, 3.05) is 6.61 Å². The lowest BCUT2D eigenvalue weighted by atomic mass is 9.98. The first kappa shape index (κ1) is 26.0. The van der Waals surface area contributed by atoms with Gasteiger partial charge in [0.15, 0.2) is 5.69 Å². The number of hydrogen-bond donors (Lipinski definition) is 1. The van der Waals surface area contributed by atoms with Gasteiger partial charge in [-0.2, -0.15) is 10.4 Å². The van der Waals surface area contributed by atoms with E-state index in [0.29, 0.717) is 11.1 Å². The Morgan fingerprint density at radius 1 is 1.05 bits per heavy atom. The highest BCUT2D eigenvalue weighted by Gasteiger charge is 2.31. The molecule has 1 N–H and O–H groups in total. The fourth-order valence-electron chi connectivity index (χ4n) is 5.11. The summed E-state index contributed by atoms with van der Waals surface area (Å²) in [6.07, 6.45) is -0.540. The highest BCUT2D eigenvalue weighted by molar-refractivity contribution is 5.86. The number of nitrogens with one attached hydrogen (secondary N) is 1. The van der Waals surface area contributed by atoms with Crippen LogP contribution in [0.3, 0.4) is 0 Å². The Labute approximate surface area is 227 Å². The molecule has 1 amide bonds. The Kier molecular flexibility index (Phi) is 6.83. The van der Waals surface area contributed by atoms with E-state index in [9.17, 15) is 14.9 Å². The highest BCUT2D eigenvalue weighted by atomic mass is 16.6. The fraction of sp³-hybridized carbons (Fsp3) is 0.290. The molecule has 1 atom stereocenters. The van der Waals surface area contributed by atoms with Crippen molar-refractivity contribution in [3.63, 3.8) is 0 Å². The van der Waals surface area contributed by atoms with E-state index < -0.39 is 23.7 Å². The van der Waals surface area contributed by atoms with Gasteiger partial charge in [-0.3, -0.25) is 4.68 Å². The van der Waals surface area contributed by atoms with Crippen LogP contribution in [-0.4, -0.2) is 40.1 Å². The van der Waals surface area contributed by atoms with E-state index in [2.05, 4.69) is 40.8 Å². The summed E-state index contributed by atoms with van der Waals surface area (Å²) in [6.45, 7) is 5.45. The number of carbonyl (C=O) groups is 2. The van der Waals surface area contributed by atoms with Crippen LogP contribution in [0.25, 0.3) is 22.0 Å². The predicted octanol–water partition coefficient (Wildman–Crippen LogP) is 5.24. The number of fused-ring (bicyclic) bond motifs is 4. The van der Waals surface area contributed by atoms with Crippen LogP contribution in [0.2, 0.25) is 0 Å². The maximum atomic E-state index is 13.1. The second-order valence-electron chi connectivity index (χ2n) is 10.7. The molecule has 8 nitrogen and oxygen atoms in total. The van der Waals surface area contributed by atoms with Gasteiger partial charge in [0.1, 0.15) is 24.3 Å². The number of aromatic nitrogens is 2. The zero-order valence-corrected chi connectivity index (χ0v) is 22.4. The van der Waals surface area contributed by atoms with E-state index in [1.165, 1.54) is 0 Å². The summed E-state index contributed by atoms with van der Waals surface area (Å²) < 4.78 is 12.9. The van der Waals surface area contributed by atoms with Crippen LogP contribution in [0.15, 0.2) is 66.7 Å². The maximum Gasteiger partial charge on any atom is 0.407 e. The molecule has 4 aromatic rings. The monoisotopic (exact) mass is 522 g/mol. The van der Waals surface area contributed by atoms with Crippen molar-refractivity contribution in [3.8, 4) is 17.2 Å². The molecule has 3 aromatic carbocycles. The average Bonchev–Trinajstić information content (AvgIpc) is 3.40. The summed E-state index contributed by atoms with van der Waals surface area (Å²) in [5.41, 5.74) is 5.59. The predicted molar refractivity (Wildman–Crippen MR) is 147 cm³/mol. The lowest BCUT2D eigenvalue weighted by Crippen LogP contribution is -2.46. The summed E-state index contributed by atoms with van der Waals surface area (Å²) in [7, 11) is 1.77. The van der Waals surface area contributed by atoms with Crippen LogP contribution >= 0.6 is 0 Å². The van der Waals surface area contributed by atoms with Crippen LogP contribution in [-0.2, 0) is 27.7 Å². The Morgan fingerprint density at radius 2 is 1.69 bits per heavy atom. The first-order chi connectivity index (χ1) is 18.6. The number of hydrogen-bond acceptors (Lipinski definition) is 6. The quantitative estimate of drug-likeness (QED) is 0.347. The van der Waals surface area contributed by atoms with Gasteiger partial charge in [-0.1, -0.05) is 54.6 Å². The van der Waals surface area contributed by atoms with Crippen molar-refractivity contribution >= 4 is 23.0 Å². The minimum atomic E-state index is -0.987. The molecule has 0 saturated carbocycles. The van der Waals surface area contributed by atoms with Crippen LogP contribution in [0.5, 0.6) is 0 Å². The molecule has 0 fully saturated rings. The molecule has 1 heterocycles. The number of nitrogens with zero attached hydrogens (tertiary/aromatic N) is 3. The first-order valence-corrected chi connectivity index (χ1v) is 12.8. The highest BCUT2D eigenvalue weighted by Crippen LogP contribution is 2.44. The average molecular weight is 523 g/mol. The van der Waals surface area contributed by atoms with Gasteiger partial charge in [0.05, 0.1) is 5.52 Å². The second kappa shape index (κ2) is 10.3. The largest absolute Gasteiger partial charge is 0.458 e. The van der Waals surface area contributed by atoms with Crippen molar-refractivity contribution in [1.82, 2.24) is 15.1 Å². The Balaban J connectivity index is 1.34. The molecular weight excluding hydrogens is 492 g/mol.